The van der Waals surface area contributed by atoms with Gasteiger partial charge in [0.25, 0.3) is 5.91 Å². The zero-order valence-corrected chi connectivity index (χ0v) is 9.48. The Balaban J connectivity index is 1.83. The second-order valence-electron chi connectivity index (χ2n) is 3.31. The number of nitrogens with one attached hydrogen (secondary N) is 1. The molecule has 0 spiro atoms. The van der Waals surface area contributed by atoms with Gasteiger partial charge < -0.3 is 4.42 Å². The van der Waals surface area contributed by atoms with Gasteiger partial charge in [-0.3, -0.25) is 9.78 Å². The number of aromatic nitrogens is 1. The average molecular weight is 241 g/mol. The maximum absolute atomic E-state index is 11.5. The van der Waals surface area contributed by atoms with Gasteiger partial charge in [0.1, 0.15) is 11.5 Å². The first-order valence-corrected chi connectivity index (χ1v) is 5.31. The number of hydrogen-bond donors (Lipinski definition) is 1. The van der Waals surface area contributed by atoms with Crippen LogP contribution < -0.4 is 5.43 Å². The van der Waals surface area contributed by atoms with Crippen LogP contribution in [0.3, 0.4) is 0 Å². The highest BCUT2D eigenvalue weighted by atomic mass is 16.3. The predicted octanol–water partition coefficient (Wildman–Crippen LogP) is 2.10. The molecule has 0 aliphatic carbocycles. The van der Waals surface area contributed by atoms with E-state index in [0.29, 0.717) is 5.69 Å². The second-order valence-corrected chi connectivity index (χ2v) is 3.31. The Kier molecular flexibility index (Phi) is 4.02. The van der Waals surface area contributed by atoms with Gasteiger partial charge in [0, 0.05) is 12.4 Å². The summed E-state index contributed by atoms with van der Waals surface area (Å²) < 4.78 is 5.08. The van der Waals surface area contributed by atoms with Gasteiger partial charge in [-0.2, -0.15) is 5.10 Å². The molecule has 0 saturated heterocycles. The van der Waals surface area contributed by atoms with E-state index in [4.69, 9.17) is 4.42 Å². The normalized spacial score (nSPS) is 11.1. The molecular formula is C13H11N3O2. The van der Waals surface area contributed by atoms with E-state index in [1.165, 1.54) is 6.21 Å². The van der Waals surface area contributed by atoms with Crippen LogP contribution in [0.15, 0.2) is 58.4 Å². The van der Waals surface area contributed by atoms with Gasteiger partial charge >= 0.3 is 0 Å². The highest BCUT2D eigenvalue weighted by molar-refractivity contribution is 5.92. The molecule has 5 nitrogen and oxygen atoms in total. The number of amides is 1. The lowest BCUT2D eigenvalue weighted by molar-refractivity contribution is 0.0950. The monoisotopic (exact) mass is 241 g/mol. The van der Waals surface area contributed by atoms with Crippen molar-refractivity contribution in [2.75, 3.05) is 0 Å². The number of carbonyl (C=O) groups excluding carboxylic acids is 1. The molecule has 90 valence electrons. The fourth-order valence-electron chi connectivity index (χ4n) is 1.22. The van der Waals surface area contributed by atoms with E-state index in [2.05, 4.69) is 15.5 Å². The maximum atomic E-state index is 11.5. The Hall–Kier alpha value is -2.69. The third-order valence-corrected chi connectivity index (χ3v) is 2.03. The van der Waals surface area contributed by atoms with E-state index in [1.54, 1.807) is 48.9 Å². The van der Waals surface area contributed by atoms with Crippen LogP contribution in [0, 0.1) is 0 Å². The van der Waals surface area contributed by atoms with Gasteiger partial charge in [-0.05, 0) is 36.4 Å². The van der Waals surface area contributed by atoms with Crippen molar-refractivity contribution in [3.8, 4) is 0 Å². The average Bonchev–Trinajstić information content (AvgIpc) is 2.92. The van der Waals surface area contributed by atoms with E-state index in [1.807, 2.05) is 6.07 Å². The molecule has 1 amide bonds. The Labute approximate surface area is 104 Å². The number of allylic oxidation sites excluding steroid dienone is 1. The van der Waals surface area contributed by atoms with E-state index in [-0.39, 0.29) is 5.91 Å². The summed E-state index contributed by atoms with van der Waals surface area (Å²) in [5, 5.41) is 3.75. The largest absolute Gasteiger partial charge is 0.465 e. The highest BCUT2D eigenvalue weighted by Gasteiger charge is 2.02. The van der Waals surface area contributed by atoms with Crippen LogP contribution >= 0.6 is 0 Å². The summed E-state index contributed by atoms with van der Waals surface area (Å²) in [7, 11) is 0. The van der Waals surface area contributed by atoms with Crippen LogP contribution in [0.2, 0.25) is 0 Å². The molecule has 18 heavy (non-hydrogen) atoms. The molecule has 0 bridgehead atoms. The van der Waals surface area contributed by atoms with Crippen molar-refractivity contribution in [2.45, 2.75) is 0 Å². The summed E-state index contributed by atoms with van der Waals surface area (Å²) in [6.45, 7) is 0. The minimum absolute atomic E-state index is 0.324. The Morgan fingerprint density at radius 3 is 3.00 bits per heavy atom. The summed E-state index contributed by atoms with van der Waals surface area (Å²) in [6.07, 6.45) is 7.99. The van der Waals surface area contributed by atoms with Crippen molar-refractivity contribution in [1.82, 2.24) is 10.4 Å². The first-order valence-electron chi connectivity index (χ1n) is 5.31. The molecule has 2 aromatic rings. The second kappa shape index (κ2) is 6.15. The molecule has 0 unspecified atom stereocenters. The zero-order chi connectivity index (χ0) is 12.6. The van der Waals surface area contributed by atoms with Gasteiger partial charge in [0.15, 0.2) is 0 Å². The number of hydrazone groups is 1. The first kappa shape index (κ1) is 11.8. The quantitative estimate of drug-likeness (QED) is 0.658. The molecule has 2 rings (SSSR count). The molecule has 0 fully saturated rings. The number of carbonyl (C=O) groups is 1. The van der Waals surface area contributed by atoms with Crippen LogP contribution in [0.25, 0.3) is 6.08 Å². The smallest absolute Gasteiger partial charge is 0.289 e. The molecule has 0 aliphatic rings. The van der Waals surface area contributed by atoms with E-state index in [9.17, 15) is 4.79 Å². The summed E-state index contributed by atoms with van der Waals surface area (Å²) in [6, 6.07) is 8.70. The number of rotatable bonds is 4. The summed E-state index contributed by atoms with van der Waals surface area (Å²) in [4.78, 5) is 15.4. The van der Waals surface area contributed by atoms with Gasteiger partial charge in [-0.1, -0.05) is 6.07 Å². The van der Waals surface area contributed by atoms with Crippen molar-refractivity contribution in [2.24, 2.45) is 5.10 Å². The Bertz CT molecular complexity index is 545. The third kappa shape index (κ3) is 3.41. The van der Waals surface area contributed by atoms with Crippen LogP contribution in [0.5, 0.6) is 0 Å². The first-order chi connectivity index (χ1) is 8.86. The van der Waals surface area contributed by atoms with Crippen molar-refractivity contribution >= 4 is 18.2 Å². The SMILES string of the molecule is O=C(NN=C/C=C\c1ccco1)c1ccccn1. The van der Waals surface area contributed by atoms with Crippen molar-refractivity contribution in [1.29, 1.82) is 0 Å². The van der Waals surface area contributed by atoms with E-state index < -0.39 is 0 Å². The number of furan rings is 1. The number of hydrogen-bond acceptors (Lipinski definition) is 4. The van der Waals surface area contributed by atoms with Gasteiger partial charge in [0.2, 0.25) is 0 Å². The zero-order valence-electron chi connectivity index (χ0n) is 9.48. The number of nitrogens with zero attached hydrogens (tertiary/aromatic N) is 2. The van der Waals surface area contributed by atoms with Crippen LogP contribution in [0.4, 0.5) is 0 Å². The minimum Gasteiger partial charge on any atom is -0.465 e. The molecule has 2 aromatic heterocycles. The summed E-state index contributed by atoms with van der Waals surface area (Å²) >= 11 is 0. The van der Waals surface area contributed by atoms with E-state index in [0.717, 1.165) is 5.76 Å². The van der Waals surface area contributed by atoms with Crippen LogP contribution in [-0.2, 0) is 0 Å². The molecule has 0 aliphatic heterocycles. The van der Waals surface area contributed by atoms with Gasteiger partial charge in [-0.25, -0.2) is 5.43 Å². The molecule has 5 heteroatoms. The minimum atomic E-state index is -0.349. The molecule has 0 radical (unpaired) electrons. The molecule has 0 atom stereocenters. The molecule has 2 heterocycles. The summed E-state index contributed by atoms with van der Waals surface area (Å²) in [5.74, 6) is 0.371. The molecule has 0 saturated carbocycles. The van der Waals surface area contributed by atoms with Crippen molar-refractivity contribution in [3.05, 3.63) is 60.3 Å². The highest BCUT2D eigenvalue weighted by Crippen LogP contribution is 2.00. The topological polar surface area (TPSA) is 67.5 Å². The standard InChI is InChI=1S/C13H11N3O2/c17-13(12-7-1-2-8-14-12)16-15-9-3-5-11-6-4-10-18-11/h1-10H,(H,16,17)/b5-3-,15-9?. The summed E-state index contributed by atoms with van der Waals surface area (Å²) in [5.41, 5.74) is 2.69. The lowest BCUT2D eigenvalue weighted by Gasteiger charge is -1.96. The van der Waals surface area contributed by atoms with Crippen LogP contribution in [-0.4, -0.2) is 17.1 Å². The Morgan fingerprint density at radius 2 is 2.28 bits per heavy atom. The van der Waals surface area contributed by atoms with Gasteiger partial charge in [0.05, 0.1) is 6.26 Å². The molecular weight excluding hydrogens is 230 g/mol. The van der Waals surface area contributed by atoms with E-state index >= 15 is 0 Å². The molecule has 0 aromatic carbocycles. The maximum Gasteiger partial charge on any atom is 0.289 e. The Morgan fingerprint density at radius 1 is 1.33 bits per heavy atom. The predicted molar refractivity (Wildman–Crippen MR) is 67.9 cm³/mol. The molecule has 1 N–H and O–H groups in total. The lowest BCUT2D eigenvalue weighted by Crippen LogP contribution is -2.18. The van der Waals surface area contributed by atoms with Crippen LogP contribution in [0.1, 0.15) is 16.2 Å². The van der Waals surface area contributed by atoms with Gasteiger partial charge in [-0.15, -0.1) is 0 Å². The third-order valence-electron chi connectivity index (χ3n) is 2.03. The van der Waals surface area contributed by atoms with Crippen molar-refractivity contribution in [3.63, 3.8) is 0 Å². The fraction of sp³-hybridized carbons (Fsp3) is 0. The van der Waals surface area contributed by atoms with Crippen molar-refractivity contribution < 1.29 is 9.21 Å². The number of pyridine rings is 1. The lowest BCUT2D eigenvalue weighted by atomic mass is 10.3. The fourth-order valence-corrected chi connectivity index (χ4v) is 1.22.